The van der Waals surface area contributed by atoms with E-state index in [4.69, 9.17) is 0 Å². The van der Waals surface area contributed by atoms with Crippen LogP contribution >= 0.6 is 0 Å². The summed E-state index contributed by atoms with van der Waals surface area (Å²) in [6.45, 7) is 7.08. The van der Waals surface area contributed by atoms with Gasteiger partial charge in [0.15, 0.2) is 0 Å². The molecular formula is C33H31N3O3S. The van der Waals surface area contributed by atoms with Gasteiger partial charge in [0.05, 0.1) is 38.4 Å². The van der Waals surface area contributed by atoms with E-state index in [9.17, 15) is 13.8 Å². The van der Waals surface area contributed by atoms with Gasteiger partial charge in [-0.15, -0.1) is 0 Å². The van der Waals surface area contributed by atoms with E-state index in [2.05, 4.69) is 35.2 Å². The van der Waals surface area contributed by atoms with Gasteiger partial charge in [0.25, 0.3) is 11.8 Å². The molecule has 0 spiro atoms. The maximum atomic E-state index is 14.0. The minimum atomic E-state index is -1.56. The van der Waals surface area contributed by atoms with Crippen LogP contribution in [0.15, 0.2) is 101 Å². The Bertz CT molecular complexity index is 1630. The highest BCUT2D eigenvalue weighted by molar-refractivity contribution is 7.85. The molecule has 40 heavy (non-hydrogen) atoms. The Hall–Kier alpha value is -4.23. The van der Waals surface area contributed by atoms with E-state index in [-0.39, 0.29) is 11.8 Å². The number of para-hydroxylation sites is 1. The summed E-state index contributed by atoms with van der Waals surface area (Å²) in [7, 11) is -1.56. The van der Waals surface area contributed by atoms with Gasteiger partial charge in [-0.3, -0.25) is 9.59 Å². The van der Waals surface area contributed by atoms with Crippen LogP contribution in [0.5, 0.6) is 0 Å². The molecule has 4 aromatic carbocycles. The van der Waals surface area contributed by atoms with Crippen molar-refractivity contribution in [3.05, 3.63) is 119 Å². The molecule has 0 N–H and O–H groups in total. The van der Waals surface area contributed by atoms with Gasteiger partial charge < -0.3 is 14.7 Å². The average Bonchev–Trinajstić information content (AvgIpc) is 3.08. The fourth-order valence-electron chi connectivity index (χ4n) is 5.48. The van der Waals surface area contributed by atoms with E-state index in [0.29, 0.717) is 46.2 Å². The zero-order chi connectivity index (χ0) is 27.8. The fraction of sp³-hybridized carbons (Fsp3) is 0.212. The smallest absolute Gasteiger partial charge is 0.259 e. The van der Waals surface area contributed by atoms with Crippen LogP contribution in [-0.4, -0.2) is 47.1 Å². The third-order valence-electron chi connectivity index (χ3n) is 7.78. The third-order valence-corrected chi connectivity index (χ3v) is 9.28. The lowest BCUT2D eigenvalue weighted by Crippen LogP contribution is -2.48. The molecule has 2 heterocycles. The number of anilines is 2. The van der Waals surface area contributed by atoms with Crippen LogP contribution in [-0.2, 0) is 17.3 Å². The van der Waals surface area contributed by atoms with Crippen molar-refractivity contribution in [2.45, 2.75) is 30.2 Å². The van der Waals surface area contributed by atoms with E-state index in [1.807, 2.05) is 36.9 Å². The molecule has 2 aliphatic rings. The summed E-state index contributed by atoms with van der Waals surface area (Å²) in [5, 5.41) is 0. The van der Waals surface area contributed by atoms with Crippen molar-refractivity contribution in [3.63, 3.8) is 0 Å². The van der Waals surface area contributed by atoms with E-state index in [0.717, 1.165) is 35.5 Å². The molecule has 0 bridgehead atoms. The SMILES string of the molecule is Cc1ccc(C)c(CN2C(=O)c3ccccc3S(=O)c3ccc(C(=O)N4CCN(c5ccccc5)CC4)cc32)c1. The predicted octanol–water partition coefficient (Wildman–Crippen LogP) is 5.59. The largest absolute Gasteiger partial charge is 0.368 e. The zero-order valence-corrected chi connectivity index (χ0v) is 23.5. The number of fused-ring (bicyclic) bond motifs is 2. The number of rotatable bonds is 4. The van der Waals surface area contributed by atoms with Gasteiger partial charge in [0.2, 0.25) is 0 Å². The van der Waals surface area contributed by atoms with E-state index >= 15 is 0 Å². The molecule has 0 aliphatic carbocycles. The number of piperazine rings is 1. The molecule has 6 rings (SSSR count). The maximum Gasteiger partial charge on any atom is 0.259 e. The van der Waals surface area contributed by atoms with E-state index in [1.165, 1.54) is 0 Å². The number of nitrogens with zero attached hydrogens (tertiary/aromatic N) is 3. The van der Waals surface area contributed by atoms with E-state index in [1.54, 1.807) is 47.4 Å². The predicted molar refractivity (Wildman–Crippen MR) is 159 cm³/mol. The molecule has 4 aromatic rings. The van der Waals surface area contributed by atoms with E-state index < -0.39 is 10.8 Å². The van der Waals surface area contributed by atoms with Crippen molar-refractivity contribution in [1.29, 1.82) is 0 Å². The van der Waals surface area contributed by atoms with Crippen molar-refractivity contribution >= 4 is 34.0 Å². The van der Waals surface area contributed by atoms with Crippen LogP contribution in [0, 0.1) is 13.8 Å². The number of amides is 2. The molecule has 202 valence electrons. The van der Waals surface area contributed by atoms with Crippen LogP contribution in [0.2, 0.25) is 0 Å². The summed E-state index contributed by atoms with van der Waals surface area (Å²) in [6, 6.07) is 28.7. The summed E-state index contributed by atoms with van der Waals surface area (Å²) >= 11 is 0. The highest BCUT2D eigenvalue weighted by Gasteiger charge is 2.32. The topological polar surface area (TPSA) is 60.9 Å². The standard InChI is InChI=1S/C33H31N3O3S/c1-23-12-13-24(2)26(20-23)22-36-29-21-25(14-15-31(29)40(39)30-11-7-6-10-28(30)33(36)38)32(37)35-18-16-34(17-19-35)27-8-4-3-5-9-27/h3-15,20-21H,16-19,22H2,1-2H3. The molecule has 1 unspecified atom stereocenters. The molecule has 7 heteroatoms. The van der Waals surface area contributed by atoms with Crippen molar-refractivity contribution in [2.75, 3.05) is 36.0 Å². The second kappa shape index (κ2) is 10.7. The highest BCUT2D eigenvalue weighted by atomic mass is 32.2. The Morgan fingerprint density at radius 3 is 2.30 bits per heavy atom. The van der Waals surface area contributed by atoms with Gasteiger partial charge in [-0.25, -0.2) is 4.21 Å². The van der Waals surface area contributed by atoms with Crippen molar-refractivity contribution in [2.24, 2.45) is 0 Å². The molecule has 1 atom stereocenters. The Morgan fingerprint density at radius 2 is 1.52 bits per heavy atom. The summed E-state index contributed by atoms with van der Waals surface area (Å²) in [4.78, 5) is 34.5. The number of benzene rings is 4. The molecule has 0 aromatic heterocycles. The maximum absolute atomic E-state index is 14.0. The van der Waals surface area contributed by atoms with Crippen molar-refractivity contribution in [3.8, 4) is 0 Å². The number of aryl methyl sites for hydroxylation is 2. The summed E-state index contributed by atoms with van der Waals surface area (Å²) < 4.78 is 13.8. The normalized spacial score (nSPS) is 16.8. The Kier molecular flexibility index (Phi) is 6.98. The molecule has 0 radical (unpaired) electrons. The third kappa shape index (κ3) is 4.82. The molecular weight excluding hydrogens is 518 g/mol. The van der Waals surface area contributed by atoms with Gasteiger partial charge in [-0.2, -0.15) is 0 Å². The lowest BCUT2D eigenvalue weighted by molar-refractivity contribution is 0.0746. The molecule has 0 saturated carbocycles. The average molecular weight is 550 g/mol. The molecule has 6 nitrogen and oxygen atoms in total. The van der Waals surface area contributed by atoms with Crippen LogP contribution in [0.3, 0.4) is 0 Å². The van der Waals surface area contributed by atoms with Gasteiger partial charge in [-0.05, 0) is 67.4 Å². The Labute approximate surface area is 237 Å². The molecule has 2 aliphatic heterocycles. The van der Waals surface area contributed by atoms with Crippen molar-refractivity contribution < 1.29 is 13.8 Å². The van der Waals surface area contributed by atoms with Gasteiger partial charge >= 0.3 is 0 Å². The summed E-state index contributed by atoms with van der Waals surface area (Å²) in [5.74, 6) is -0.299. The first-order valence-corrected chi connectivity index (χ1v) is 14.7. The van der Waals surface area contributed by atoms with Crippen molar-refractivity contribution in [1.82, 2.24) is 4.90 Å². The second-order valence-corrected chi connectivity index (χ2v) is 11.8. The van der Waals surface area contributed by atoms with Crippen LogP contribution < -0.4 is 9.80 Å². The number of carbonyl (C=O) groups is 2. The van der Waals surface area contributed by atoms with Gasteiger partial charge in [-0.1, -0.05) is 54.1 Å². The number of hydrogen-bond donors (Lipinski definition) is 0. The fourth-order valence-corrected chi connectivity index (χ4v) is 6.83. The number of carbonyl (C=O) groups excluding carboxylic acids is 2. The lowest BCUT2D eigenvalue weighted by atomic mass is 10.0. The highest BCUT2D eigenvalue weighted by Crippen LogP contribution is 2.36. The quantitative estimate of drug-likeness (QED) is 0.333. The monoisotopic (exact) mass is 549 g/mol. The minimum absolute atomic E-state index is 0.0813. The first-order valence-electron chi connectivity index (χ1n) is 13.5. The summed E-state index contributed by atoms with van der Waals surface area (Å²) in [6.07, 6.45) is 0. The molecule has 1 saturated heterocycles. The minimum Gasteiger partial charge on any atom is -0.368 e. The Morgan fingerprint density at radius 1 is 0.800 bits per heavy atom. The first-order chi connectivity index (χ1) is 19.4. The zero-order valence-electron chi connectivity index (χ0n) is 22.7. The lowest BCUT2D eigenvalue weighted by Gasteiger charge is -2.36. The van der Waals surface area contributed by atoms with Crippen LogP contribution in [0.4, 0.5) is 11.4 Å². The van der Waals surface area contributed by atoms with Crippen LogP contribution in [0.1, 0.15) is 37.4 Å². The second-order valence-electron chi connectivity index (χ2n) is 10.4. The van der Waals surface area contributed by atoms with Gasteiger partial charge in [0.1, 0.15) is 0 Å². The molecule has 1 fully saturated rings. The molecule has 2 amide bonds. The van der Waals surface area contributed by atoms with Crippen LogP contribution in [0.25, 0.3) is 0 Å². The number of hydrogen-bond acceptors (Lipinski definition) is 4. The summed E-state index contributed by atoms with van der Waals surface area (Å²) in [5.41, 5.74) is 5.78. The first kappa shape index (κ1) is 26.0. The van der Waals surface area contributed by atoms with Gasteiger partial charge in [0, 0.05) is 37.4 Å². The Balaban J connectivity index is 1.35.